The van der Waals surface area contributed by atoms with Crippen LogP contribution in [0.5, 0.6) is 0 Å². The molecule has 10 heteroatoms. The molecule has 0 spiro atoms. The third-order valence-electron chi connectivity index (χ3n) is 2.94. The van der Waals surface area contributed by atoms with Gasteiger partial charge in [-0.3, -0.25) is 9.89 Å². The van der Waals surface area contributed by atoms with Crippen molar-refractivity contribution in [2.24, 2.45) is 0 Å². The molecule has 6 nitrogen and oxygen atoms in total. The molecule has 0 saturated heterocycles. The average molecular weight is 347 g/mol. The fourth-order valence-electron chi connectivity index (χ4n) is 1.80. The molecule has 23 heavy (non-hydrogen) atoms. The molecule has 1 aromatic carbocycles. The van der Waals surface area contributed by atoms with Crippen LogP contribution in [-0.2, 0) is 22.6 Å². The molecular weight excluding hydrogens is 335 g/mol. The number of halogens is 3. The molecule has 0 radical (unpaired) electrons. The Bertz CT molecular complexity index is 815. The molecule has 0 aliphatic heterocycles. The predicted octanol–water partition coefficient (Wildman–Crippen LogP) is 1.76. The van der Waals surface area contributed by atoms with Crippen molar-refractivity contribution in [3.63, 3.8) is 0 Å². The lowest BCUT2D eigenvalue weighted by atomic mass is 10.1. The third-order valence-corrected chi connectivity index (χ3v) is 4.03. The number of hydrogen-bond donors (Lipinski definition) is 2. The van der Waals surface area contributed by atoms with Crippen molar-refractivity contribution in [1.82, 2.24) is 15.5 Å². The van der Waals surface area contributed by atoms with Crippen molar-refractivity contribution >= 4 is 15.7 Å². The first kappa shape index (κ1) is 17.0. The van der Waals surface area contributed by atoms with E-state index in [0.29, 0.717) is 6.07 Å². The van der Waals surface area contributed by atoms with Gasteiger partial charge in [0.2, 0.25) is 0 Å². The first-order chi connectivity index (χ1) is 10.6. The van der Waals surface area contributed by atoms with E-state index in [9.17, 15) is 26.4 Å². The second kappa shape index (κ2) is 6.03. The van der Waals surface area contributed by atoms with Gasteiger partial charge in [0, 0.05) is 19.0 Å². The summed E-state index contributed by atoms with van der Waals surface area (Å²) in [6.07, 6.45) is -1.30. The first-order valence-electron chi connectivity index (χ1n) is 6.25. The fourth-order valence-corrected chi connectivity index (χ4v) is 2.51. The number of nitrogens with zero attached hydrogens (tertiary/aromatic N) is 1. The summed E-state index contributed by atoms with van der Waals surface area (Å²) in [6.45, 7) is -0.254. The van der Waals surface area contributed by atoms with E-state index in [-0.39, 0.29) is 17.7 Å². The number of rotatable bonds is 4. The van der Waals surface area contributed by atoms with E-state index in [1.165, 1.54) is 12.4 Å². The number of carbonyl (C=O) groups excluding carboxylic acids is 1. The fraction of sp³-hybridized carbons (Fsp3) is 0.231. The molecular formula is C13H12F3N3O3S. The Kier molecular flexibility index (Phi) is 4.46. The summed E-state index contributed by atoms with van der Waals surface area (Å²) < 4.78 is 61.6. The van der Waals surface area contributed by atoms with Gasteiger partial charge >= 0.3 is 6.18 Å². The van der Waals surface area contributed by atoms with Crippen molar-refractivity contribution in [3.8, 4) is 0 Å². The van der Waals surface area contributed by atoms with Crippen LogP contribution in [0.3, 0.4) is 0 Å². The smallest absolute Gasteiger partial charge is 0.348 e. The molecule has 2 N–H and O–H groups in total. The second-order valence-corrected chi connectivity index (χ2v) is 6.82. The quantitative estimate of drug-likeness (QED) is 0.882. The average Bonchev–Trinajstić information content (AvgIpc) is 2.96. The standard InChI is InChI=1S/C13H12F3N3O3S/c1-23(21,22)11-3-8(2-10(4-11)13(14,15)16)5-17-12(20)9-6-18-19-7-9/h2-4,6-7H,5H2,1H3,(H,17,20)(H,18,19). The molecule has 0 bridgehead atoms. The molecule has 2 rings (SSSR count). The molecule has 0 saturated carbocycles. The van der Waals surface area contributed by atoms with Crippen LogP contribution in [0.15, 0.2) is 35.5 Å². The van der Waals surface area contributed by atoms with Gasteiger partial charge in [-0.1, -0.05) is 0 Å². The molecule has 1 amide bonds. The lowest BCUT2D eigenvalue weighted by molar-refractivity contribution is -0.137. The number of hydrogen-bond acceptors (Lipinski definition) is 4. The molecule has 124 valence electrons. The van der Waals surface area contributed by atoms with Crippen LogP contribution >= 0.6 is 0 Å². The van der Waals surface area contributed by atoms with Gasteiger partial charge in [-0.25, -0.2) is 8.42 Å². The molecule has 0 atom stereocenters. The molecule has 0 aliphatic carbocycles. The Labute approximate surface area is 129 Å². The summed E-state index contributed by atoms with van der Waals surface area (Å²) in [7, 11) is -3.82. The summed E-state index contributed by atoms with van der Waals surface area (Å²) in [4.78, 5) is 11.3. The summed E-state index contributed by atoms with van der Waals surface area (Å²) >= 11 is 0. The van der Waals surface area contributed by atoms with Crippen LogP contribution in [0, 0.1) is 0 Å². The zero-order valence-corrected chi connectivity index (χ0v) is 12.6. The van der Waals surface area contributed by atoms with E-state index < -0.39 is 32.4 Å². The molecule has 2 aromatic rings. The number of carbonyl (C=O) groups is 1. The largest absolute Gasteiger partial charge is 0.416 e. The van der Waals surface area contributed by atoms with Crippen molar-refractivity contribution in [3.05, 3.63) is 47.3 Å². The highest BCUT2D eigenvalue weighted by molar-refractivity contribution is 7.90. The van der Waals surface area contributed by atoms with Gasteiger partial charge in [-0.15, -0.1) is 0 Å². The van der Waals surface area contributed by atoms with E-state index in [1.54, 1.807) is 0 Å². The third kappa shape index (κ3) is 4.31. The number of alkyl halides is 3. The summed E-state index contributed by atoms with van der Waals surface area (Å²) in [5.74, 6) is -0.544. The zero-order valence-electron chi connectivity index (χ0n) is 11.8. The summed E-state index contributed by atoms with van der Waals surface area (Å²) in [5, 5.41) is 8.40. The van der Waals surface area contributed by atoms with Crippen molar-refractivity contribution in [2.45, 2.75) is 17.6 Å². The van der Waals surface area contributed by atoms with Gasteiger partial charge < -0.3 is 5.32 Å². The monoisotopic (exact) mass is 347 g/mol. The van der Waals surface area contributed by atoms with Crippen LogP contribution in [0.4, 0.5) is 13.2 Å². The van der Waals surface area contributed by atoms with Crippen molar-refractivity contribution < 1.29 is 26.4 Å². The summed E-state index contributed by atoms with van der Waals surface area (Å²) in [6, 6.07) is 2.46. The second-order valence-electron chi connectivity index (χ2n) is 4.81. The van der Waals surface area contributed by atoms with Gasteiger partial charge in [0.25, 0.3) is 5.91 Å². The van der Waals surface area contributed by atoms with Gasteiger partial charge in [0.15, 0.2) is 9.84 Å². The SMILES string of the molecule is CS(=O)(=O)c1cc(CNC(=O)c2cn[nH]c2)cc(C(F)(F)F)c1. The Balaban J connectivity index is 2.29. The number of H-pyrrole nitrogens is 1. The van der Waals surface area contributed by atoms with Gasteiger partial charge in [0.05, 0.1) is 22.2 Å². The number of aromatic nitrogens is 2. The molecule has 0 aliphatic rings. The predicted molar refractivity (Wildman–Crippen MR) is 74.3 cm³/mol. The topological polar surface area (TPSA) is 91.9 Å². The Morgan fingerprint density at radius 3 is 2.52 bits per heavy atom. The Morgan fingerprint density at radius 2 is 2.00 bits per heavy atom. The van der Waals surface area contributed by atoms with Crippen molar-refractivity contribution in [2.75, 3.05) is 6.26 Å². The minimum Gasteiger partial charge on any atom is -0.348 e. The lowest BCUT2D eigenvalue weighted by Crippen LogP contribution is -2.23. The normalized spacial score (nSPS) is 12.2. The minimum atomic E-state index is -4.69. The summed E-state index contributed by atoms with van der Waals surface area (Å²) in [5.41, 5.74) is -0.856. The van der Waals surface area contributed by atoms with Gasteiger partial charge in [-0.05, 0) is 23.8 Å². The molecule has 1 aromatic heterocycles. The Morgan fingerprint density at radius 1 is 1.30 bits per heavy atom. The highest BCUT2D eigenvalue weighted by Crippen LogP contribution is 2.31. The van der Waals surface area contributed by atoms with E-state index >= 15 is 0 Å². The van der Waals surface area contributed by atoms with Crippen LogP contribution in [0.1, 0.15) is 21.5 Å². The van der Waals surface area contributed by atoms with Crippen LogP contribution in [0.2, 0.25) is 0 Å². The Hall–Kier alpha value is -2.36. The van der Waals surface area contributed by atoms with E-state index in [4.69, 9.17) is 0 Å². The zero-order chi connectivity index (χ0) is 17.3. The molecule has 0 unspecified atom stereocenters. The number of amides is 1. The van der Waals surface area contributed by atoms with E-state index in [2.05, 4.69) is 15.5 Å². The molecule has 1 heterocycles. The number of benzene rings is 1. The maximum absolute atomic E-state index is 12.9. The first-order valence-corrected chi connectivity index (χ1v) is 8.15. The van der Waals surface area contributed by atoms with E-state index in [0.717, 1.165) is 18.4 Å². The maximum Gasteiger partial charge on any atom is 0.416 e. The maximum atomic E-state index is 12.9. The number of aromatic amines is 1. The molecule has 0 fully saturated rings. The highest BCUT2D eigenvalue weighted by Gasteiger charge is 2.32. The van der Waals surface area contributed by atoms with Crippen molar-refractivity contribution in [1.29, 1.82) is 0 Å². The number of sulfone groups is 1. The highest BCUT2D eigenvalue weighted by atomic mass is 32.2. The van der Waals surface area contributed by atoms with Crippen LogP contribution < -0.4 is 5.32 Å². The number of nitrogens with one attached hydrogen (secondary N) is 2. The lowest BCUT2D eigenvalue weighted by Gasteiger charge is -2.12. The van der Waals surface area contributed by atoms with Gasteiger partial charge in [-0.2, -0.15) is 18.3 Å². The minimum absolute atomic E-state index is 0.0251. The van der Waals surface area contributed by atoms with Crippen LogP contribution in [0.25, 0.3) is 0 Å². The van der Waals surface area contributed by atoms with E-state index in [1.807, 2.05) is 0 Å². The van der Waals surface area contributed by atoms with Crippen LogP contribution in [-0.4, -0.2) is 30.8 Å². The van der Waals surface area contributed by atoms with Gasteiger partial charge in [0.1, 0.15) is 0 Å².